The van der Waals surface area contributed by atoms with Crippen LogP contribution in [0.25, 0.3) is 6.08 Å². The molecule has 0 aliphatic rings. The van der Waals surface area contributed by atoms with E-state index in [-0.39, 0.29) is 17.7 Å². The maximum Gasteiger partial charge on any atom is 0.262 e. The van der Waals surface area contributed by atoms with Gasteiger partial charge in [0, 0.05) is 24.4 Å². The number of pyridine rings is 1. The van der Waals surface area contributed by atoms with E-state index in [0.717, 1.165) is 5.56 Å². The fourth-order valence-corrected chi connectivity index (χ4v) is 0.956. The molecule has 0 aliphatic heterocycles. The van der Waals surface area contributed by atoms with E-state index in [1.54, 1.807) is 38.4 Å². The van der Waals surface area contributed by atoms with Crippen molar-refractivity contribution in [2.75, 3.05) is 0 Å². The number of nitrogens with zero attached hydrogens (tertiary/aromatic N) is 1. The lowest BCUT2D eigenvalue weighted by molar-refractivity contribution is -0.128. The maximum atomic E-state index is 11.3. The third-order valence-electron chi connectivity index (χ3n) is 1.94. The lowest BCUT2D eigenvalue weighted by Gasteiger charge is -2.06. The summed E-state index contributed by atoms with van der Waals surface area (Å²) in [5, 5.41) is 0. The fourth-order valence-electron chi connectivity index (χ4n) is 0.956. The summed E-state index contributed by atoms with van der Waals surface area (Å²) in [4.78, 5) is 26.4. The van der Waals surface area contributed by atoms with Crippen LogP contribution in [-0.2, 0) is 9.59 Å². The Morgan fingerprint density at radius 1 is 1.35 bits per heavy atom. The Bertz CT molecular complexity index is 413. The molecule has 0 aromatic carbocycles. The van der Waals surface area contributed by atoms with Crippen LogP contribution in [0.4, 0.5) is 0 Å². The molecular weight excluding hydrogens is 218 g/mol. The molecule has 0 atom stereocenters. The number of nitrogens with one attached hydrogen (secondary N) is 2. The molecule has 0 spiro atoms. The molecule has 0 bridgehead atoms. The second kappa shape index (κ2) is 6.42. The molecule has 1 rings (SSSR count). The van der Waals surface area contributed by atoms with Crippen LogP contribution >= 0.6 is 0 Å². The second-order valence-corrected chi connectivity index (χ2v) is 3.75. The van der Waals surface area contributed by atoms with Gasteiger partial charge in [0.1, 0.15) is 0 Å². The van der Waals surface area contributed by atoms with E-state index < -0.39 is 0 Å². The highest BCUT2D eigenvalue weighted by molar-refractivity contribution is 5.93. The van der Waals surface area contributed by atoms with Gasteiger partial charge in [-0.15, -0.1) is 0 Å². The van der Waals surface area contributed by atoms with Crippen LogP contribution < -0.4 is 10.9 Å². The van der Waals surface area contributed by atoms with Crippen molar-refractivity contribution in [2.45, 2.75) is 13.8 Å². The zero-order valence-corrected chi connectivity index (χ0v) is 9.81. The van der Waals surface area contributed by atoms with Crippen molar-refractivity contribution in [1.29, 1.82) is 0 Å². The van der Waals surface area contributed by atoms with E-state index in [1.165, 1.54) is 6.08 Å². The van der Waals surface area contributed by atoms with Gasteiger partial charge in [0.05, 0.1) is 0 Å². The molecule has 2 amide bonds. The third kappa shape index (κ3) is 4.92. The smallest absolute Gasteiger partial charge is 0.262 e. The summed E-state index contributed by atoms with van der Waals surface area (Å²) < 4.78 is 0. The van der Waals surface area contributed by atoms with E-state index in [0.29, 0.717) is 0 Å². The van der Waals surface area contributed by atoms with Gasteiger partial charge in [-0.1, -0.05) is 19.9 Å². The van der Waals surface area contributed by atoms with E-state index in [2.05, 4.69) is 15.8 Å². The Labute approximate surface area is 99.9 Å². The highest BCUT2D eigenvalue weighted by Gasteiger charge is 2.06. The highest BCUT2D eigenvalue weighted by Crippen LogP contribution is 1.97. The number of carbonyl (C=O) groups is 2. The normalized spacial score (nSPS) is 10.5. The molecule has 0 saturated heterocycles. The van der Waals surface area contributed by atoms with Gasteiger partial charge >= 0.3 is 0 Å². The number of hydrazine groups is 1. The Hall–Kier alpha value is -2.17. The predicted molar refractivity (Wildman–Crippen MR) is 64.4 cm³/mol. The molecule has 0 fully saturated rings. The topological polar surface area (TPSA) is 71.1 Å². The zero-order valence-electron chi connectivity index (χ0n) is 9.81. The van der Waals surface area contributed by atoms with Gasteiger partial charge in [0.2, 0.25) is 5.91 Å². The molecule has 1 aromatic rings. The maximum absolute atomic E-state index is 11.3. The molecule has 0 unspecified atom stereocenters. The lowest BCUT2D eigenvalue weighted by atomic mass is 10.2. The minimum atomic E-state index is -0.386. The van der Waals surface area contributed by atoms with Crippen molar-refractivity contribution in [2.24, 2.45) is 5.92 Å². The van der Waals surface area contributed by atoms with Crippen LogP contribution in [0.1, 0.15) is 19.4 Å². The average molecular weight is 233 g/mol. The summed E-state index contributed by atoms with van der Waals surface area (Å²) in [6, 6.07) is 3.60. The van der Waals surface area contributed by atoms with Crippen LogP contribution in [0, 0.1) is 5.92 Å². The quantitative estimate of drug-likeness (QED) is 0.602. The number of rotatable bonds is 3. The van der Waals surface area contributed by atoms with E-state index in [4.69, 9.17) is 0 Å². The Morgan fingerprint density at radius 2 is 2.12 bits per heavy atom. The Morgan fingerprint density at radius 3 is 2.71 bits per heavy atom. The number of hydrogen-bond acceptors (Lipinski definition) is 3. The zero-order chi connectivity index (χ0) is 12.7. The van der Waals surface area contributed by atoms with Crippen LogP contribution in [0.2, 0.25) is 0 Å². The van der Waals surface area contributed by atoms with Gasteiger partial charge in [-0.3, -0.25) is 25.4 Å². The van der Waals surface area contributed by atoms with Crippen molar-refractivity contribution >= 4 is 17.9 Å². The summed E-state index contributed by atoms with van der Waals surface area (Å²) in [7, 11) is 0. The first-order valence-corrected chi connectivity index (χ1v) is 5.27. The lowest BCUT2D eigenvalue weighted by Crippen LogP contribution is -2.42. The van der Waals surface area contributed by atoms with Crippen LogP contribution in [-0.4, -0.2) is 16.8 Å². The van der Waals surface area contributed by atoms with Crippen LogP contribution in [0.3, 0.4) is 0 Å². The van der Waals surface area contributed by atoms with Crippen molar-refractivity contribution in [3.8, 4) is 0 Å². The van der Waals surface area contributed by atoms with Crippen LogP contribution in [0.15, 0.2) is 30.6 Å². The second-order valence-electron chi connectivity index (χ2n) is 3.75. The number of aromatic nitrogens is 1. The first kappa shape index (κ1) is 12.9. The summed E-state index contributed by atoms with van der Waals surface area (Å²) in [5.74, 6) is -0.784. The van der Waals surface area contributed by atoms with Gasteiger partial charge in [0.25, 0.3) is 5.91 Å². The molecule has 17 heavy (non-hydrogen) atoms. The largest absolute Gasteiger partial charge is 0.273 e. The van der Waals surface area contributed by atoms with Crippen molar-refractivity contribution in [1.82, 2.24) is 15.8 Å². The highest BCUT2D eigenvalue weighted by atomic mass is 16.2. The Balaban J connectivity index is 2.40. The van der Waals surface area contributed by atoms with Gasteiger partial charge in [0.15, 0.2) is 0 Å². The standard InChI is InChI=1S/C12H15N3O2/c1-9(2)12(17)15-14-11(16)6-5-10-4-3-7-13-8-10/h3-9H,1-2H3,(H,14,16)(H,15,17)/b6-5+. The molecule has 0 radical (unpaired) electrons. The molecule has 0 aliphatic carbocycles. The molecule has 90 valence electrons. The summed E-state index contributed by atoms with van der Waals surface area (Å²) >= 11 is 0. The molecule has 1 aromatic heterocycles. The van der Waals surface area contributed by atoms with Gasteiger partial charge in [-0.2, -0.15) is 0 Å². The summed E-state index contributed by atoms with van der Waals surface area (Å²) in [6.45, 7) is 3.49. The Kier molecular flexibility index (Phi) is 4.87. The molecule has 5 heteroatoms. The van der Waals surface area contributed by atoms with Gasteiger partial charge in [-0.05, 0) is 17.7 Å². The molecular formula is C12H15N3O2. The number of hydrogen-bond donors (Lipinski definition) is 2. The van der Waals surface area contributed by atoms with Gasteiger partial charge < -0.3 is 0 Å². The predicted octanol–water partition coefficient (Wildman–Crippen LogP) is 0.898. The van der Waals surface area contributed by atoms with Crippen molar-refractivity contribution < 1.29 is 9.59 Å². The number of amides is 2. The van der Waals surface area contributed by atoms with E-state index in [9.17, 15) is 9.59 Å². The first-order valence-electron chi connectivity index (χ1n) is 5.27. The summed E-state index contributed by atoms with van der Waals surface area (Å²) in [6.07, 6.45) is 6.23. The van der Waals surface area contributed by atoms with E-state index in [1.807, 2.05) is 6.07 Å². The van der Waals surface area contributed by atoms with Crippen LogP contribution in [0.5, 0.6) is 0 Å². The molecule has 2 N–H and O–H groups in total. The fraction of sp³-hybridized carbons (Fsp3) is 0.250. The van der Waals surface area contributed by atoms with Crippen molar-refractivity contribution in [3.63, 3.8) is 0 Å². The van der Waals surface area contributed by atoms with E-state index >= 15 is 0 Å². The molecule has 5 nitrogen and oxygen atoms in total. The number of carbonyl (C=O) groups excluding carboxylic acids is 2. The van der Waals surface area contributed by atoms with Gasteiger partial charge in [-0.25, -0.2) is 0 Å². The SMILES string of the molecule is CC(C)C(=O)NNC(=O)/C=C/c1cccnc1. The molecule has 1 heterocycles. The summed E-state index contributed by atoms with van der Waals surface area (Å²) in [5.41, 5.74) is 5.42. The molecule has 0 saturated carbocycles. The first-order chi connectivity index (χ1) is 8.09. The third-order valence-corrected chi connectivity index (χ3v) is 1.94. The van der Waals surface area contributed by atoms with Crippen molar-refractivity contribution in [3.05, 3.63) is 36.2 Å². The minimum absolute atomic E-state index is 0.169. The minimum Gasteiger partial charge on any atom is -0.273 e. The average Bonchev–Trinajstić information content (AvgIpc) is 2.34. The monoisotopic (exact) mass is 233 g/mol.